The van der Waals surface area contributed by atoms with E-state index in [2.05, 4.69) is 5.10 Å². The molecule has 1 aromatic carbocycles. The van der Waals surface area contributed by atoms with Gasteiger partial charge in [0.15, 0.2) is 0 Å². The number of hydrogen-bond acceptors (Lipinski definition) is 2. The quantitative estimate of drug-likeness (QED) is 0.663. The Balaban J connectivity index is 2.70. The highest BCUT2D eigenvalue weighted by molar-refractivity contribution is 5.82. The summed E-state index contributed by atoms with van der Waals surface area (Å²) in [5, 5.41) is 3.62. The lowest BCUT2D eigenvalue weighted by Gasteiger charge is -2.06. The lowest BCUT2D eigenvalue weighted by atomic mass is 10.2. The first kappa shape index (κ1) is 8.86. The fourth-order valence-corrected chi connectivity index (χ4v) is 1.25. The van der Waals surface area contributed by atoms with Crippen molar-refractivity contribution in [1.82, 2.24) is 9.78 Å². The molecule has 2 N–H and O–H groups in total. The highest BCUT2D eigenvalue weighted by atomic mass is 19.4. The fourth-order valence-electron chi connectivity index (χ4n) is 1.25. The van der Waals surface area contributed by atoms with Crippen LogP contribution >= 0.6 is 0 Å². The summed E-state index contributed by atoms with van der Waals surface area (Å²) in [4.78, 5) is 0. The van der Waals surface area contributed by atoms with Crippen molar-refractivity contribution in [2.75, 3.05) is 5.73 Å². The Morgan fingerprint density at radius 1 is 1.29 bits per heavy atom. The Bertz CT molecular complexity index is 472. The van der Waals surface area contributed by atoms with E-state index in [0.717, 1.165) is 6.20 Å². The van der Waals surface area contributed by atoms with Crippen molar-refractivity contribution < 1.29 is 13.2 Å². The van der Waals surface area contributed by atoms with Crippen molar-refractivity contribution >= 4 is 16.6 Å². The molecule has 0 fully saturated rings. The van der Waals surface area contributed by atoms with Gasteiger partial charge in [-0.25, -0.2) is 0 Å². The van der Waals surface area contributed by atoms with Crippen molar-refractivity contribution in [1.29, 1.82) is 0 Å². The van der Waals surface area contributed by atoms with Crippen LogP contribution in [-0.4, -0.2) is 9.78 Å². The smallest absolute Gasteiger partial charge is 0.399 e. The van der Waals surface area contributed by atoms with Gasteiger partial charge in [-0.1, -0.05) is 0 Å². The van der Waals surface area contributed by atoms with Gasteiger partial charge in [-0.2, -0.15) is 9.78 Å². The van der Waals surface area contributed by atoms with Gasteiger partial charge < -0.3 is 5.73 Å². The lowest BCUT2D eigenvalue weighted by molar-refractivity contribution is -0.209. The number of alkyl halides is 3. The number of nitrogens with zero attached hydrogens (tertiary/aromatic N) is 2. The minimum absolute atomic E-state index is 0.00620. The molecule has 0 saturated carbocycles. The predicted octanol–water partition coefficient (Wildman–Crippen LogP) is 2.09. The molecule has 0 aliphatic rings. The van der Waals surface area contributed by atoms with Gasteiger partial charge in [-0.05, 0) is 18.2 Å². The van der Waals surface area contributed by atoms with Gasteiger partial charge in [-0.15, -0.1) is 13.2 Å². The van der Waals surface area contributed by atoms with Gasteiger partial charge in [0, 0.05) is 11.1 Å². The van der Waals surface area contributed by atoms with Gasteiger partial charge in [0.25, 0.3) is 0 Å². The zero-order valence-electron chi connectivity index (χ0n) is 6.92. The Morgan fingerprint density at radius 3 is 2.64 bits per heavy atom. The summed E-state index contributed by atoms with van der Waals surface area (Å²) in [6.45, 7) is 0. The second kappa shape index (κ2) is 2.63. The molecule has 2 rings (SSSR count). The second-order valence-corrected chi connectivity index (χ2v) is 2.84. The summed E-state index contributed by atoms with van der Waals surface area (Å²) in [6, 6.07) is 4.15. The fraction of sp³-hybridized carbons (Fsp3) is 0.125. The maximum atomic E-state index is 12.3. The molecule has 0 amide bonds. The van der Waals surface area contributed by atoms with Crippen LogP contribution in [0.4, 0.5) is 18.9 Å². The number of halogens is 3. The van der Waals surface area contributed by atoms with E-state index in [4.69, 9.17) is 5.73 Å². The van der Waals surface area contributed by atoms with Crippen LogP contribution in [0.1, 0.15) is 0 Å². The Kier molecular flexibility index (Phi) is 1.67. The average molecular weight is 201 g/mol. The molecule has 6 heteroatoms. The van der Waals surface area contributed by atoms with E-state index in [9.17, 15) is 13.2 Å². The van der Waals surface area contributed by atoms with Crippen LogP contribution in [0.5, 0.6) is 0 Å². The molecule has 1 heterocycles. The maximum absolute atomic E-state index is 12.3. The number of anilines is 1. The zero-order valence-corrected chi connectivity index (χ0v) is 6.92. The molecule has 0 aliphatic carbocycles. The number of rotatable bonds is 0. The molecule has 2 aromatic rings. The van der Waals surface area contributed by atoms with Gasteiger partial charge in [0.2, 0.25) is 0 Å². The molecule has 0 saturated heterocycles. The summed E-state index contributed by atoms with van der Waals surface area (Å²) in [5.74, 6) is 0. The van der Waals surface area contributed by atoms with Crippen molar-refractivity contribution in [2.24, 2.45) is 0 Å². The largest absolute Gasteiger partial charge is 0.505 e. The minimum Gasteiger partial charge on any atom is -0.399 e. The second-order valence-electron chi connectivity index (χ2n) is 2.84. The first-order chi connectivity index (χ1) is 6.48. The van der Waals surface area contributed by atoms with E-state index in [1.807, 2.05) is 0 Å². The van der Waals surface area contributed by atoms with E-state index in [1.54, 1.807) is 0 Å². The third-order valence-electron chi connectivity index (χ3n) is 1.83. The molecular formula is C8H6F3N3. The lowest BCUT2D eigenvalue weighted by Crippen LogP contribution is -2.17. The topological polar surface area (TPSA) is 43.8 Å². The highest BCUT2D eigenvalue weighted by Gasteiger charge is 2.33. The van der Waals surface area contributed by atoms with E-state index >= 15 is 0 Å². The van der Waals surface area contributed by atoms with E-state index in [-0.39, 0.29) is 10.2 Å². The minimum atomic E-state index is -4.49. The number of hydrogen-bond donors (Lipinski definition) is 1. The molecule has 0 aliphatic heterocycles. The summed E-state index contributed by atoms with van der Waals surface area (Å²) >= 11 is 0. The molecular weight excluding hydrogens is 195 g/mol. The number of aromatic nitrogens is 2. The van der Waals surface area contributed by atoms with Crippen LogP contribution in [-0.2, 0) is 6.30 Å². The van der Waals surface area contributed by atoms with Crippen molar-refractivity contribution in [3.8, 4) is 0 Å². The van der Waals surface area contributed by atoms with Crippen LogP contribution < -0.4 is 5.73 Å². The summed E-state index contributed by atoms with van der Waals surface area (Å²) in [6.07, 6.45) is -3.35. The van der Waals surface area contributed by atoms with Crippen LogP contribution in [0.3, 0.4) is 0 Å². The van der Waals surface area contributed by atoms with Gasteiger partial charge >= 0.3 is 6.30 Å². The van der Waals surface area contributed by atoms with Gasteiger partial charge in [0.05, 0.1) is 11.7 Å². The molecule has 0 spiro atoms. The number of fused-ring (bicyclic) bond motifs is 1. The molecule has 0 radical (unpaired) electrons. The Labute approximate surface area is 76.9 Å². The van der Waals surface area contributed by atoms with Crippen LogP contribution in [0.25, 0.3) is 10.9 Å². The zero-order chi connectivity index (χ0) is 10.3. The van der Waals surface area contributed by atoms with Crippen molar-refractivity contribution in [3.63, 3.8) is 0 Å². The number of nitrogen functional groups attached to an aromatic ring is 1. The van der Waals surface area contributed by atoms with Crippen LogP contribution in [0.15, 0.2) is 24.4 Å². The third kappa shape index (κ3) is 1.28. The summed E-state index contributed by atoms with van der Waals surface area (Å²) < 4.78 is 37.0. The predicted molar refractivity (Wildman–Crippen MR) is 45.4 cm³/mol. The summed E-state index contributed by atoms with van der Waals surface area (Å²) in [5.41, 5.74) is 5.85. The Hall–Kier alpha value is -1.72. The van der Waals surface area contributed by atoms with Crippen molar-refractivity contribution in [3.05, 3.63) is 24.4 Å². The van der Waals surface area contributed by atoms with E-state index in [0.29, 0.717) is 11.1 Å². The molecule has 0 atom stereocenters. The molecule has 14 heavy (non-hydrogen) atoms. The molecule has 74 valence electrons. The normalized spacial score (nSPS) is 12.2. The SMILES string of the molecule is Nc1ccc2c(cnn2C(F)(F)F)c1. The van der Waals surface area contributed by atoms with Gasteiger partial charge in [0.1, 0.15) is 0 Å². The van der Waals surface area contributed by atoms with E-state index < -0.39 is 6.30 Å². The number of benzene rings is 1. The highest BCUT2D eigenvalue weighted by Crippen LogP contribution is 2.27. The monoisotopic (exact) mass is 201 g/mol. The van der Waals surface area contributed by atoms with E-state index in [1.165, 1.54) is 18.2 Å². The third-order valence-corrected chi connectivity index (χ3v) is 1.83. The van der Waals surface area contributed by atoms with Crippen LogP contribution in [0.2, 0.25) is 0 Å². The van der Waals surface area contributed by atoms with Gasteiger partial charge in [-0.3, -0.25) is 0 Å². The number of nitrogens with two attached hydrogens (primary N) is 1. The van der Waals surface area contributed by atoms with Crippen LogP contribution in [0, 0.1) is 0 Å². The van der Waals surface area contributed by atoms with Crippen molar-refractivity contribution in [2.45, 2.75) is 6.30 Å². The standard InChI is InChI=1S/C8H6F3N3/c9-8(10,11)14-7-2-1-6(12)3-5(7)4-13-14/h1-4H,12H2. The molecule has 0 bridgehead atoms. The first-order valence-corrected chi connectivity index (χ1v) is 3.79. The molecule has 0 unspecified atom stereocenters. The first-order valence-electron chi connectivity index (χ1n) is 3.79. The summed E-state index contributed by atoms with van der Waals surface area (Å²) in [7, 11) is 0. The molecule has 1 aromatic heterocycles. The maximum Gasteiger partial charge on any atom is 0.505 e. The Morgan fingerprint density at radius 2 is 2.00 bits per heavy atom. The molecule has 3 nitrogen and oxygen atoms in total. The average Bonchev–Trinajstić information content (AvgIpc) is 2.45.